The molecule has 0 saturated carbocycles. The van der Waals surface area contributed by atoms with E-state index in [0.717, 1.165) is 12.2 Å². The number of nitrogens with one attached hydrogen (secondary N) is 1. The van der Waals surface area contributed by atoms with Crippen molar-refractivity contribution in [3.05, 3.63) is 42.4 Å². The van der Waals surface area contributed by atoms with Crippen LogP contribution in [0.3, 0.4) is 0 Å². The molecule has 0 radical (unpaired) electrons. The number of pyridine rings is 1. The molecule has 2 aromatic rings. The number of piperidine rings is 1. The van der Waals surface area contributed by atoms with Gasteiger partial charge in [0, 0.05) is 43.8 Å². The lowest BCUT2D eigenvalue weighted by atomic mass is 9.80. The molecule has 4 rings (SSSR count). The minimum absolute atomic E-state index is 0.507. The molecule has 2 aliphatic heterocycles. The Labute approximate surface area is 137 Å². The summed E-state index contributed by atoms with van der Waals surface area (Å²) in [5.41, 5.74) is 2.52. The fraction of sp³-hybridized carbons (Fsp3) is 0.500. The van der Waals surface area contributed by atoms with Crippen LogP contribution in [-0.4, -0.2) is 46.0 Å². The normalized spacial score (nSPS) is 25.0. The van der Waals surface area contributed by atoms with Crippen molar-refractivity contribution in [2.75, 3.05) is 26.2 Å². The van der Waals surface area contributed by atoms with Crippen LogP contribution in [0.1, 0.15) is 24.8 Å². The molecular formula is C18H23N5. The monoisotopic (exact) mass is 309 g/mol. The molecule has 0 aromatic carbocycles. The lowest BCUT2D eigenvalue weighted by molar-refractivity contribution is 0.199. The minimum atomic E-state index is 0.507. The molecular weight excluding hydrogens is 286 g/mol. The van der Waals surface area contributed by atoms with Gasteiger partial charge in [0.2, 0.25) is 0 Å². The van der Waals surface area contributed by atoms with E-state index in [0.29, 0.717) is 11.2 Å². The van der Waals surface area contributed by atoms with Crippen molar-refractivity contribution in [3.8, 4) is 11.5 Å². The molecule has 1 spiro atoms. The highest BCUT2D eigenvalue weighted by molar-refractivity contribution is 5.47. The van der Waals surface area contributed by atoms with Gasteiger partial charge < -0.3 is 5.32 Å². The van der Waals surface area contributed by atoms with Gasteiger partial charge in [-0.15, -0.1) is 0 Å². The fourth-order valence-electron chi connectivity index (χ4n) is 3.86. The molecule has 1 atom stereocenters. The van der Waals surface area contributed by atoms with Crippen LogP contribution in [0.15, 0.2) is 36.8 Å². The molecule has 4 heterocycles. The number of hydrogen-bond donors (Lipinski definition) is 1. The van der Waals surface area contributed by atoms with E-state index in [9.17, 15) is 0 Å². The topological polar surface area (TPSA) is 53.9 Å². The van der Waals surface area contributed by atoms with Crippen molar-refractivity contribution < 1.29 is 0 Å². The van der Waals surface area contributed by atoms with E-state index < -0.39 is 0 Å². The van der Waals surface area contributed by atoms with Crippen molar-refractivity contribution in [2.45, 2.75) is 25.8 Å². The molecule has 2 aromatic heterocycles. The fourth-order valence-corrected chi connectivity index (χ4v) is 3.86. The molecule has 120 valence electrons. The summed E-state index contributed by atoms with van der Waals surface area (Å²) in [7, 11) is 0. The number of hydrogen-bond acceptors (Lipinski definition) is 5. The van der Waals surface area contributed by atoms with Crippen LogP contribution < -0.4 is 5.32 Å². The molecule has 5 heteroatoms. The number of aromatic nitrogens is 3. The summed E-state index contributed by atoms with van der Waals surface area (Å²) in [6.07, 6.45) is 9.66. The number of nitrogens with zero attached hydrogens (tertiary/aromatic N) is 4. The molecule has 2 aliphatic rings. The van der Waals surface area contributed by atoms with Gasteiger partial charge in [-0.1, -0.05) is 6.07 Å². The van der Waals surface area contributed by atoms with E-state index in [4.69, 9.17) is 0 Å². The predicted octanol–water partition coefficient (Wildman–Crippen LogP) is 2.11. The maximum atomic E-state index is 4.48. The Kier molecular flexibility index (Phi) is 4.06. The standard InChI is InChI=1S/C18H23N5/c1-2-8-20-16(4-1)17-21-10-15(11-22-17)12-23-9-6-18(14-23)5-3-7-19-13-18/h1-2,4,8,10-11,19H,3,5-7,9,12-14H2/t18-/m0/s1. The highest BCUT2D eigenvalue weighted by atomic mass is 15.2. The van der Waals surface area contributed by atoms with Crippen LogP contribution >= 0.6 is 0 Å². The molecule has 2 saturated heterocycles. The SMILES string of the molecule is c1ccc(-c2ncc(CN3CC[C@]4(CCCNC4)C3)cn2)nc1. The first-order valence-electron chi connectivity index (χ1n) is 8.48. The predicted molar refractivity (Wildman–Crippen MR) is 89.7 cm³/mol. The van der Waals surface area contributed by atoms with Crippen LogP contribution in [0.2, 0.25) is 0 Å². The summed E-state index contributed by atoms with van der Waals surface area (Å²) in [5.74, 6) is 0.698. The summed E-state index contributed by atoms with van der Waals surface area (Å²) in [6, 6.07) is 5.80. The van der Waals surface area contributed by atoms with Crippen LogP contribution in [0.4, 0.5) is 0 Å². The van der Waals surface area contributed by atoms with E-state index in [1.807, 2.05) is 30.6 Å². The Morgan fingerprint density at radius 1 is 1.13 bits per heavy atom. The first-order chi connectivity index (χ1) is 11.3. The summed E-state index contributed by atoms with van der Waals surface area (Å²) in [5, 5.41) is 3.57. The van der Waals surface area contributed by atoms with E-state index in [2.05, 4.69) is 25.2 Å². The minimum Gasteiger partial charge on any atom is -0.316 e. The molecule has 5 nitrogen and oxygen atoms in total. The molecule has 23 heavy (non-hydrogen) atoms. The lowest BCUT2D eigenvalue weighted by Gasteiger charge is -2.34. The van der Waals surface area contributed by atoms with Crippen molar-refractivity contribution in [2.24, 2.45) is 5.41 Å². The van der Waals surface area contributed by atoms with E-state index in [1.165, 1.54) is 51.0 Å². The zero-order valence-electron chi connectivity index (χ0n) is 13.4. The third-order valence-corrected chi connectivity index (χ3v) is 5.08. The van der Waals surface area contributed by atoms with Gasteiger partial charge in [-0.25, -0.2) is 9.97 Å². The number of rotatable bonds is 3. The molecule has 0 amide bonds. The van der Waals surface area contributed by atoms with Gasteiger partial charge in [0.25, 0.3) is 0 Å². The average Bonchev–Trinajstić information content (AvgIpc) is 2.99. The molecule has 0 aliphatic carbocycles. The second-order valence-electron chi connectivity index (χ2n) is 6.87. The van der Waals surface area contributed by atoms with Gasteiger partial charge in [0.05, 0.1) is 0 Å². The Morgan fingerprint density at radius 3 is 2.78 bits per heavy atom. The summed E-state index contributed by atoms with van der Waals surface area (Å²) in [6.45, 7) is 5.69. The van der Waals surface area contributed by atoms with Crippen LogP contribution in [0.5, 0.6) is 0 Å². The first kappa shape index (κ1) is 14.7. The van der Waals surface area contributed by atoms with Gasteiger partial charge >= 0.3 is 0 Å². The third-order valence-electron chi connectivity index (χ3n) is 5.08. The summed E-state index contributed by atoms with van der Waals surface area (Å²) < 4.78 is 0. The van der Waals surface area contributed by atoms with Crippen molar-refractivity contribution in [3.63, 3.8) is 0 Å². The zero-order valence-corrected chi connectivity index (χ0v) is 13.4. The number of likely N-dealkylation sites (tertiary alicyclic amines) is 1. The Morgan fingerprint density at radius 2 is 2.04 bits per heavy atom. The zero-order chi connectivity index (χ0) is 15.5. The van der Waals surface area contributed by atoms with Crippen molar-refractivity contribution in [1.82, 2.24) is 25.2 Å². The molecule has 2 fully saturated rings. The summed E-state index contributed by atoms with van der Waals surface area (Å²) >= 11 is 0. The molecule has 0 bridgehead atoms. The van der Waals surface area contributed by atoms with Gasteiger partial charge in [-0.2, -0.15) is 0 Å². The van der Waals surface area contributed by atoms with Gasteiger partial charge in [-0.3, -0.25) is 9.88 Å². The Balaban J connectivity index is 1.40. The third kappa shape index (κ3) is 3.26. The first-order valence-corrected chi connectivity index (χ1v) is 8.48. The van der Waals surface area contributed by atoms with E-state index in [-0.39, 0.29) is 0 Å². The second kappa shape index (κ2) is 6.34. The van der Waals surface area contributed by atoms with Crippen molar-refractivity contribution in [1.29, 1.82) is 0 Å². The highest BCUT2D eigenvalue weighted by Crippen LogP contribution is 2.36. The van der Waals surface area contributed by atoms with Crippen LogP contribution in [0, 0.1) is 5.41 Å². The quantitative estimate of drug-likeness (QED) is 0.941. The average molecular weight is 309 g/mol. The van der Waals surface area contributed by atoms with Crippen LogP contribution in [0.25, 0.3) is 11.5 Å². The summed E-state index contributed by atoms with van der Waals surface area (Å²) in [4.78, 5) is 15.8. The van der Waals surface area contributed by atoms with Gasteiger partial charge in [0.1, 0.15) is 5.69 Å². The van der Waals surface area contributed by atoms with Gasteiger partial charge in [-0.05, 0) is 49.9 Å². The van der Waals surface area contributed by atoms with Crippen LogP contribution in [-0.2, 0) is 6.54 Å². The van der Waals surface area contributed by atoms with Crippen molar-refractivity contribution >= 4 is 0 Å². The smallest absolute Gasteiger partial charge is 0.178 e. The molecule has 0 unspecified atom stereocenters. The molecule has 1 N–H and O–H groups in total. The second-order valence-corrected chi connectivity index (χ2v) is 6.87. The van der Waals surface area contributed by atoms with Gasteiger partial charge in [0.15, 0.2) is 5.82 Å². The maximum absolute atomic E-state index is 4.48. The Hall–Kier alpha value is -1.85. The largest absolute Gasteiger partial charge is 0.316 e. The highest BCUT2D eigenvalue weighted by Gasteiger charge is 2.38. The maximum Gasteiger partial charge on any atom is 0.178 e. The Bertz CT molecular complexity index is 634. The van der Waals surface area contributed by atoms with E-state index in [1.54, 1.807) is 6.20 Å². The van der Waals surface area contributed by atoms with E-state index >= 15 is 0 Å². The lowest BCUT2D eigenvalue weighted by Crippen LogP contribution is -2.41.